The molecule has 1 amide bonds. The molecule has 1 aromatic carbocycles. The van der Waals surface area contributed by atoms with Gasteiger partial charge in [0.2, 0.25) is 5.91 Å². The van der Waals surface area contributed by atoms with Crippen LogP contribution in [0.2, 0.25) is 10.0 Å². The summed E-state index contributed by atoms with van der Waals surface area (Å²) < 4.78 is 1.44. The average Bonchev–Trinajstić information content (AvgIpc) is 3.00. The first-order chi connectivity index (χ1) is 12.9. The number of carbonyl (C=O) groups is 1. The van der Waals surface area contributed by atoms with E-state index in [1.807, 2.05) is 0 Å². The van der Waals surface area contributed by atoms with Gasteiger partial charge in [-0.05, 0) is 56.4 Å². The number of nitrogens with one attached hydrogen (secondary N) is 1. The van der Waals surface area contributed by atoms with Crippen molar-refractivity contribution in [3.8, 4) is 0 Å². The first-order valence-electron chi connectivity index (χ1n) is 8.70. The van der Waals surface area contributed by atoms with Crippen LogP contribution < -0.4 is 10.9 Å². The molecule has 5 nitrogen and oxygen atoms in total. The van der Waals surface area contributed by atoms with E-state index in [0.717, 1.165) is 36.1 Å². The standard InChI is InChI=1S/C19H17Cl2N3O2S/c1-10-22-18-17(12-4-2-3-5-15(12)27-18)19(26)24(10)9-16(25)23-11-6-7-13(20)14(21)8-11/h6-8H,2-5,9H2,1H3,(H,23,25). The number of nitrogens with zero attached hydrogens (tertiary/aromatic N) is 2. The summed E-state index contributed by atoms with van der Waals surface area (Å²) in [5, 5.41) is 4.21. The van der Waals surface area contributed by atoms with E-state index in [0.29, 0.717) is 26.9 Å². The van der Waals surface area contributed by atoms with E-state index in [1.165, 1.54) is 9.44 Å². The molecule has 0 atom stereocenters. The first kappa shape index (κ1) is 18.5. The van der Waals surface area contributed by atoms with E-state index in [1.54, 1.807) is 36.5 Å². The zero-order valence-electron chi connectivity index (χ0n) is 14.6. The van der Waals surface area contributed by atoms with Crippen molar-refractivity contribution in [2.75, 3.05) is 5.32 Å². The number of rotatable bonds is 3. The third kappa shape index (κ3) is 3.49. The minimum absolute atomic E-state index is 0.0987. The normalized spacial score (nSPS) is 13.6. The smallest absolute Gasteiger partial charge is 0.263 e. The van der Waals surface area contributed by atoms with Gasteiger partial charge in [0.15, 0.2) is 0 Å². The summed E-state index contributed by atoms with van der Waals surface area (Å²) in [4.78, 5) is 32.2. The summed E-state index contributed by atoms with van der Waals surface area (Å²) in [7, 11) is 0. The molecule has 1 aliphatic rings. The number of benzene rings is 1. The van der Waals surface area contributed by atoms with Crippen molar-refractivity contribution >= 4 is 56.3 Å². The molecule has 2 heterocycles. The summed E-state index contributed by atoms with van der Waals surface area (Å²) in [6.07, 6.45) is 4.15. The van der Waals surface area contributed by atoms with Crippen LogP contribution >= 0.6 is 34.5 Å². The number of aromatic nitrogens is 2. The molecule has 0 bridgehead atoms. The summed E-state index contributed by atoms with van der Waals surface area (Å²) in [6.45, 7) is 1.66. The Balaban J connectivity index is 1.66. The van der Waals surface area contributed by atoms with Gasteiger partial charge in [-0.25, -0.2) is 4.98 Å². The van der Waals surface area contributed by atoms with Crippen molar-refractivity contribution in [2.45, 2.75) is 39.2 Å². The molecule has 0 unspecified atom stereocenters. The van der Waals surface area contributed by atoms with Crippen molar-refractivity contribution < 1.29 is 4.79 Å². The lowest BCUT2D eigenvalue weighted by Crippen LogP contribution is -2.30. The molecule has 0 radical (unpaired) electrons. The second kappa shape index (κ2) is 7.26. The van der Waals surface area contributed by atoms with Crippen molar-refractivity contribution in [3.63, 3.8) is 0 Å². The molecule has 1 N–H and O–H groups in total. The maximum Gasteiger partial charge on any atom is 0.263 e. The lowest BCUT2D eigenvalue weighted by Gasteiger charge is -2.12. The van der Waals surface area contributed by atoms with Crippen molar-refractivity contribution in [3.05, 3.63) is 54.9 Å². The van der Waals surface area contributed by atoms with Crippen LogP contribution in [-0.4, -0.2) is 15.5 Å². The quantitative estimate of drug-likeness (QED) is 0.672. The molecule has 4 rings (SSSR count). The number of amides is 1. The summed E-state index contributed by atoms with van der Waals surface area (Å²) in [5.74, 6) is 0.222. The van der Waals surface area contributed by atoms with Gasteiger partial charge in [0.05, 0.1) is 15.4 Å². The Morgan fingerprint density at radius 2 is 2.04 bits per heavy atom. The SMILES string of the molecule is Cc1nc2sc3c(c2c(=O)n1CC(=O)Nc1ccc(Cl)c(Cl)c1)CCCC3. The van der Waals surface area contributed by atoms with Gasteiger partial charge >= 0.3 is 0 Å². The zero-order valence-corrected chi connectivity index (χ0v) is 17.0. The minimum atomic E-state index is -0.316. The Bertz CT molecular complexity index is 1120. The van der Waals surface area contributed by atoms with Crippen LogP contribution in [0.1, 0.15) is 29.1 Å². The van der Waals surface area contributed by atoms with Crippen molar-refractivity contribution in [1.82, 2.24) is 9.55 Å². The molecular weight excluding hydrogens is 405 g/mol. The summed E-state index contributed by atoms with van der Waals surface area (Å²) in [5.41, 5.74) is 1.51. The molecule has 0 fully saturated rings. The summed E-state index contributed by atoms with van der Waals surface area (Å²) in [6, 6.07) is 4.86. The lowest BCUT2D eigenvalue weighted by atomic mass is 9.97. The maximum absolute atomic E-state index is 13.1. The monoisotopic (exact) mass is 421 g/mol. The number of thiophene rings is 1. The number of hydrogen-bond donors (Lipinski definition) is 1. The van der Waals surface area contributed by atoms with Crippen LogP contribution in [0, 0.1) is 6.92 Å². The van der Waals surface area contributed by atoms with Crippen LogP contribution in [0.5, 0.6) is 0 Å². The number of aryl methyl sites for hydroxylation is 3. The predicted octanol–water partition coefficient (Wildman–Crippen LogP) is 4.59. The van der Waals surface area contributed by atoms with Gasteiger partial charge in [0.1, 0.15) is 17.2 Å². The van der Waals surface area contributed by atoms with Crippen LogP contribution in [0.3, 0.4) is 0 Å². The Kier molecular flexibility index (Phi) is 4.97. The fourth-order valence-electron chi connectivity index (χ4n) is 3.44. The van der Waals surface area contributed by atoms with E-state index in [2.05, 4.69) is 10.3 Å². The molecule has 140 valence electrons. The van der Waals surface area contributed by atoms with Crippen molar-refractivity contribution in [1.29, 1.82) is 0 Å². The van der Waals surface area contributed by atoms with E-state index < -0.39 is 0 Å². The average molecular weight is 422 g/mol. The topological polar surface area (TPSA) is 64.0 Å². The maximum atomic E-state index is 13.1. The Labute approximate surface area is 169 Å². The molecular formula is C19H17Cl2N3O2S. The van der Waals surface area contributed by atoms with Crippen LogP contribution in [0.25, 0.3) is 10.2 Å². The molecule has 2 aromatic heterocycles. The van der Waals surface area contributed by atoms with Crippen LogP contribution in [-0.2, 0) is 24.2 Å². The third-order valence-electron chi connectivity index (χ3n) is 4.77. The fourth-order valence-corrected chi connectivity index (χ4v) is 5.04. The molecule has 0 saturated carbocycles. The number of hydrogen-bond acceptors (Lipinski definition) is 4. The van der Waals surface area contributed by atoms with Gasteiger partial charge in [-0.1, -0.05) is 23.2 Å². The Morgan fingerprint density at radius 1 is 1.26 bits per heavy atom. The highest BCUT2D eigenvalue weighted by molar-refractivity contribution is 7.18. The molecule has 3 aromatic rings. The van der Waals surface area contributed by atoms with E-state index in [9.17, 15) is 9.59 Å². The fraction of sp³-hybridized carbons (Fsp3) is 0.316. The highest BCUT2D eigenvalue weighted by atomic mass is 35.5. The molecule has 1 aliphatic carbocycles. The van der Waals surface area contributed by atoms with Gasteiger partial charge in [-0.15, -0.1) is 11.3 Å². The van der Waals surface area contributed by atoms with E-state index in [4.69, 9.17) is 23.2 Å². The third-order valence-corrected chi connectivity index (χ3v) is 6.70. The molecule has 27 heavy (non-hydrogen) atoms. The molecule has 0 aliphatic heterocycles. The predicted molar refractivity (Wildman–Crippen MR) is 110 cm³/mol. The van der Waals surface area contributed by atoms with Crippen LogP contribution in [0.4, 0.5) is 5.69 Å². The zero-order chi connectivity index (χ0) is 19.1. The number of carbonyl (C=O) groups excluding carboxylic acids is 1. The largest absolute Gasteiger partial charge is 0.324 e. The number of fused-ring (bicyclic) bond motifs is 3. The molecule has 0 spiro atoms. The van der Waals surface area contributed by atoms with Gasteiger partial charge in [-0.3, -0.25) is 14.2 Å². The van der Waals surface area contributed by atoms with Gasteiger partial charge in [0.25, 0.3) is 5.56 Å². The second-order valence-corrected chi connectivity index (χ2v) is 8.52. The van der Waals surface area contributed by atoms with Crippen molar-refractivity contribution in [2.24, 2.45) is 0 Å². The van der Waals surface area contributed by atoms with Gasteiger partial charge in [0, 0.05) is 10.6 Å². The highest BCUT2D eigenvalue weighted by Crippen LogP contribution is 2.33. The first-order valence-corrected chi connectivity index (χ1v) is 10.3. The Hall–Kier alpha value is -1.89. The molecule has 8 heteroatoms. The van der Waals surface area contributed by atoms with E-state index in [-0.39, 0.29) is 18.0 Å². The van der Waals surface area contributed by atoms with Gasteiger partial charge < -0.3 is 5.32 Å². The number of halogens is 2. The second-order valence-electron chi connectivity index (χ2n) is 6.62. The van der Waals surface area contributed by atoms with E-state index >= 15 is 0 Å². The van der Waals surface area contributed by atoms with Gasteiger partial charge in [-0.2, -0.15) is 0 Å². The molecule has 0 saturated heterocycles. The van der Waals surface area contributed by atoms with Crippen LogP contribution in [0.15, 0.2) is 23.0 Å². The summed E-state index contributed by atoms with van der Waals surface area (Å²) >= 11 is 13.5. The highest BCUT2D eigenvalue weighted by Gasteiger charge is 2.21. The minimum Gasteiger partial charge on any atom is -0.324 e. The Morgan fingerprint density at radius 3 is 2.81 bits per heavy atom. The lowest BCUT2D eigenvalue weighted by molar-refractivity contribution is -0.116. The number of anilines is 1.